The molecule has 1 aliphatic rings. The maximum atomic E-state index is 11.3. The molecule has 0 radical (unpaired) electrons. The highest BCUT2D eigenvalue weighted by atomic mass is 16.1. The van der Waals surface area contributed by atoms with Gasteiger partial charge < -0.3 is 10.6 Å². The molecule has 0 aromatic carbocycles. The Kier molecular flexibility index (Phi) is 3.24. The summed E-state index contributed by atoms with van der Waals surface area (Å²) in [7, 11) is 0. The molecule has 0 unspecified atom stereocenters. The highest BCUT2D eigenvalue weighted by molar-refractivity contribution is 5.87. The lowest BCUT2D eigenvalue weighted by Crippen LogP contribution is -2.62. The van der Waals surface area contributed by atoms with Crippen molar-refractivity contribution in [2.45, 2.75) is 57.7 Å². The summed E-state index contributed by atoms with van der Waals surface area (Å²) in [6, 6.07) is 0.238. The molecule has 0 aliphatic carbocycles. The summed E-state index contributed by atoms with van der Waals surface area (Å²) in [5.41, 5.74) is 0.141. The van der Waals surface area contributed by atoms with Crippen LogP contribution < -0.4 is 10.6 Å². The standard InChI is InChI=1S/C12H22N2O/c1-6-10(15)13-9-7-11(2,3)14-12(4,5)8-9/h6,9,14H,1,7-8H2,2-5H3,(H,13,15). The van der Waals surface area contributed by atoms with Crippen LogP contribution in [0.5, 0.6) is 0 Å². The number of amides is 1. The average Bonchev–Trinajstić information content (AvgIpc) is 1.97. The molecular weight excluding hydrogens is 188 g/mol. The van der Waals surface area contributed by atoms with Crippen molar-refractivity contribution >= 4 is 5.91 Å². The number of piperidine rings is 1. The van der Waals surface area contributed by atoms with E-state index in [-0.39, 0.29) is 23.0 Å². The second kappa shape index (κ2) is 3.97. The fourth-order valence-electron chi connectivity index (χ4n) is 2.68. The zero-order valence-corrected chi connectivity index (χ0v) is 10.2. The molecule has 0 aromatic rings. The van der Waals surface area contributed by atoms with Gasteiger partial charge in [0, 0.05) is 17.1 Å². The van der Waals surface area contributed by atoms with Crippen LogP contribution in [0.1, 0.15) is 40.5 Å². The van der Waals surface area contributed by atoms with Gasteiger partial charge >= 0.3 is 0 Å². The third-order valence-electron chi connectivity index (χ3n) is 2.72. The van der Waals surface area contributed by atoms with Gasteiger partial charge in [-0.25, -0.2) is 0 Å². The minimum Gasteiger partial charge on any atom is -0.350 e. The van der Waals surface area contributed by atoms with Gasteiger partial charge in [0.15, 0.2) is 0 Å². The largest absolute Gasteiger partial charge is 0.350 e. The zero-order chi connectivity index (χ0) is 11.7. The van der Waals surface area contributed by atoms with Gasteiger partial charge in [-0.1, -0.05) is 6.58 Å². The molecule has 1 amide bonds. The smallest absolute Gasteiger partial charge is 0.243 e. The van der Waals surface area contributed by atoms with E-state index in [1.54, 1.807) is 0 Å². The summed E-state index contributed by atoms with van der Waals surface area (Å²) in [5.74, 6) is -0.0755. The lowest BCUT2D eigenvalue weighted by atomic mass is 9.79. The fourth-order valence-corrected chi connectivity index (χ4v) is 2.68. The van der Waals surface area contributed by atoms with Crippen LogP contribution in [-0.2, 0) is 4.79 Å². The highest BCUT2D eigenvalue weighted by Gasteiger charge is 2.37. The molecule has 0 bridgehead atoms. The van der Waals surface area contributed by atoms with Crippen molar-refractivity contribution in [3.63, 3.8) is 0 Å². The molecule has 0 saturated carbocycles. The van der Waals surface area contributed by atoms with E-state index in [2.05, 4.69) is 44.9 Å². The first-order valence-corrected chi connectivity index (χ1v) is 5.46. The van der Waals surface area contributed by atoms with E-state index in [0.29, 0.717) is 0 Å². The molecule has 2 N–H and O–H groups in total. The molecule has 1 heterocycles. The predicted molar refractivity (Wildman–Crippen MR) is 62.7 cm³/mol. The summed E-state index contributed by atoms with van der Waals surface area (Å²) in [6.45, 7) is 12.1. The molecule has 1 saturated heterocycles. The van der Waals surface area contributed by atoms with Crippen LogP contribution in [0.25, 0.3) is 0 Å². The fraction of sp³-hybridized carbons (Fsp3) is 0.750. The minimum absolute atomic E-state index is 0.0703. The molecule has 1 aliphatic heterocycles. The minimum atomic E-state index is -0.0755. The first-order chi connectivity index (χ1) is 6.74. The summed E-state index contributed by atoms with van der Waals surface area (Å²) in [5, 5.41) is 6.56. The number of hydrogen-bond acceptors (Lipinski definition) is 2. The van der Waals surface area contributed by atoms with Crippen LogP contribution in [0, 0.1) is 0 Å². The van der Waals surface area contributed by atoms with Crippen molar-refractivity contribution in [1.82, 2.24) is 10.6 Å². The van der Waals surface area contributed by atoms with E-state index in [0.717, 1.165) is 12.8 Å². The third-order valence-corrected chi connectivity index (χ3v) is 2.72. The second-order valence-electron chi connectivity index (χ2n) is 5.71. The van der Waals surface area contributed by atoms with Crippen LogP contribution in [0.3, 0.4) is 0 Å². The monoisotopic (exact) mass is 210 g/mol. The molecule has 86 valence electrons. The number of carbonyl (C=O) groups excluding carboxylic acids is 1. The predicted octanol–water partition coefficient (Wildman–Crippen LogP) is 1.60. The van der Waals surface area contributed by atoms with Crippen molar-refractivity contribution < 1.29 is 4.79 Å². The topological polar surface area (TPSA) is 41.1 Å². The van der Waals surface area contributed by atoms with E-state index in [1.165, 1.54) is 6.08 Å². The molecule has 1 fully saturated rings. The quantitative estimate of drug-likeness (QED) is 0.680. The van der Waals surface area contributed by atoms with Crippen molar-refractivity contribution in [3.8, 4) is 0 Å². The van der Waals surface area contributed by atoms with Gasteiger partial charge in [0.1, 0.15) is 0 Å². The molecule has 15 heavy (non-hydrogen) atoms. The van der Waals surface area contributed by atoms with Gasteiger partial charge in [0.2, 0.25) is 5.91 Å². The Bertz CT molecular complexity index is 253. The van der Waals surface area contributed by atoms with Crippen molar-refractivity contribution in [3.05, 3.63) is 12.7 Å². The van der Waals surface area contributed by atoms with Crippen molar-refractivity contribution in [2.24, 2.45) is 0 Å². The lowest BCUT2D eigenvalue weighted by Gasteiger charge is -2.46. The maximum absolute atomic E-state index is 11.3. The Balaban J connectivity index is 2.67. The van der Waals surface area contributed by atoms with Crippen LogP contribution in [0.15, 0.2) is 12.7 Å². The third kappa shape index (κ3) is 3.67. The first kappa shape index (κ1) is 12.2. The zero-order valence-electron chi connectivity index (χ0n) is 10.2. The Morgan fingerprint density at radius 1 is 1.33 bits per heavy atom. The van der Waals surface area contributed by atoms with E-state index in [1.807, 2.05) is 0 Å². The average molecular weight is 210 g/mol. The molecule has 1 rings (SSSR count). The van der Waals surface area contributed by atoms with Crippen LogP contribution >= 0.6 is 0 Å². The second-order valence-corrected chi connectivity index (χ2v) is 5.71. The Morgan fingerprint density at radius 3 is 2.20 bits per heavy atom. The summed E-state index contributed by atoms with van der Waals surface area (Å²) < 4.78 is 0. The normalized spacial score (nSPS) is 24.5. The van der Waals surface area contributed by atoms with Gasteiger partial charge in [-0.3, -0.25) is 4.79 Å². The maximum Gasteiger partial charge on any atom is 0.243 e. The highest BCUT2D eigenvalue weighted by Crippen LogP contribution is 2.28. The van der Waals surface area contributed by atoms with Crippen LogP contribution in [0.4, 0.5) is 0 Å². The number of hydrogen-bond donors (Lipinski definition) is 2. The number of nitrogens with one attached hydrogen (secondary N) is 2. The van der Waals surface area contributed by atoms with Gasteiger partial charge in [-0.2, -0.15) is 0 Å². The van der Waals surface area contributed by atoms with E-state index < -0.39 is 0 Å². The SMILES string of the molecule is C=CC(=O)NC1CC(C)(C)NC(C)(C)C1. The van der Waals surface area contributed by atoms with Gasteiger partial charge in [-0.05, 0) is 46.6 Å². The van der Waals surface area contributed by atoms with Crippen LogP contribution in [0.2, 0.25) is 0 Å². The summed E-state index contributed by atoms with van der Waals surface area (Å²) in [6.07, 6.45) is 3.24. The Hall–Kier alpha value is -0.830. The van der Waals surface area contributed by atoms with E-state index >= 15 is 0 Å². The Morgan fingerprint density at radius 2 is 1.80 bits per heavy atom. The Labute approximate surface area is 92.3 Å². The number of carbonyl (C=O) groups is 1. The van der Waals surface area contributed by atoms with Crippen LogP contribution in [-0.4, -0.2) is 23.0 Å². The van der Waals surface area contributed by atoms with Gasteiger partial charge in [0.05, 0.1) is 0 Å². The molecule has 0 spiro atoms. The van der Waals surface area contributed by atoms with Gasteiger partial charge in [0.25, 0.3) is 0 Å². The van der Waals surface area contributed by atoms with Crippen molar-refractivity contribution in [2.75, 3.05) is 0 Å². The van der Waals surface area contributed by atoms with Gasteiger partial charge in [-0.15, -0.1) is 0 Å². The molecular formula is C12H22N2O. The van der Waals surface area contributed by atoms with E-state index in [9.17, 15) is 4.79 Å². The summed E-state index contributed by atoms with van der Waals surface area (Å²) in [4.78, 5) is 11.3. The molecule has 0 aromatic heterocycles. The molecule has 3 heteroatoms. The molecule has 3 nitrogen and oxygen atoms in total. The first-order valence-electron chi connectivity index (χ1n) is 5.46. The summed E-state index contributed by atoms with van der Waals surface area (Å²) >= 11 is 0. The van der Waals surface area contributed by atoms with E-state index in [4.69, 9.17) is 0 Å². The molecule has 0 atom stereocenters. The lowest BCUT2D eigenvalue weighted by molar-refractivity contribution is -0.117. The van der Waals surface area contributed by atoms with Crippen molar-refractivity contribution in [1.29, 1.82) is 0 Å². The number of rotatable bonds is 2.